The minimum atomic E-state index is -0.375. The smallest absolute Gasteiger partial charge is 0.201 e. The van der Waals surface area contributed by atoms with Crippen LogP contribution >= 0.6 is 0 Å². The Morgan fingerprint density at radius 2 is 2.00 bits per heavy atom. The Bertz CT molecular complexity index is 44.8. The highest BCUT2D eigenvalue weighted by Crippen LogP contribution is 1.57. The third-order valence-corrected chi connectivity index (χ3v) is 0.258. The fourth-order valence-corrected chi connectivity index (χ4v) is 0. The van der Waals surface area contributed by atoms with Crippen LogP contribution in [-0.2, 0) is 0 Å². The molecule has 0 aromatic heterocycles. The van der Waals surface area contributed by atoms with Crippen molar-refractivity contribution in [3.05, 3.63) is 10.1 Å². The number of hydrogen-bond donors (Lipinski definition) is 1. The van der Waals surface area contributed by atoms with Gasteiger partial charge in [-0.15, -0.1) is 0 Å². The summed E-state index contributed by atoms with van der Waals surface area (Å²) >= 11 is 0. The minimum absolute atomic E-state index is 0. The molecule has 0 aliphatic rings. The van der Waals surface area contributed by atoms with E-state index in [1.165, 1.54) is 6.92 Å². The highest BCUT2D eigenvalue weighted by Gasteiger charge is 1.76. The first-order valence-corrected chi connectivity index (χ1v) is 1.39. The summed E-state index contributed by atoms with van der Waals surface area (Å²) in [5.74, 6) is 0. The van der Waals surface area contributed by atoms with E-state index in [-0.39, 0.29) is 17.6 Å². The third kappa shape index (κ3) is 10.1. The quantitative estimate of drug-likeness (QED) is 0.376. The van der Waals surface area contributed by atoms with Gasteiger partial charge in [0.1, 0.15) is 0 Å². The maximum absolute atomic E-state index is 9.17. The van der Waals surface area contributed by atoms with Crippen molar-refractivity contribution in [1.29, 1.82) is 0 Å². The van der Waals surface area contributed by atoms with Gasteiger partial charge in [0.2, 0.25) is 6.54 Å². The fraction of sp³-hybridized carbons (Fsp3) is 1.00. The van der Waals surface area contributed by atoms with Crippen LogP contribution in [0.25, 0.3) is 0 Å². The Hall–Kier alpha value is -0.640. The summed E-state index contributed by atoms with van der Waals surface area (Å²) in [4.78, 5) is 8.80. The normalized spacial score (nSPS) is 6.17. The first kappa shape index (κ1) is 9.03. The van der Waals surface area contributed by atoms with E-state index in [9.17, 15) is 10.1 Å². The second-order valence-electron chi connectivity index (χ2n) is 0.649. The van der Waals surface area contributed by atoms with Gasteiger partial charge in [-0.05, 0) is 0 Å². The molecule has 0 saturated carbocycles. The van der Waals surface area contributed by atoms with Crippen LogP contribution in [-0.4, -0.2) is 11.5 Å². The molecule has 4 nitrogen and oxygen atoms in total. The zero-order chi connectivity index (χ0) is 4.28. The lowest BCUT2D eigenvalue weighted by molar-refractivity contribution is -0.475. The van der Waals surface area contributed by atoms with Crippen molar-refractivity contribution in [3.8, 4) is 0 Å². The summed E-state index contributed by atoms with van der Waals surface area (Å²) < 4.78 is 0. The molecule has 0 heterocycles. The van der Waals surface area contributed by atoms with Crippen LogP contribution in [0.3, 0.4) is 0 Å². The standard InChI is InChI=1S/C2H5NO2.H3N/c1-2-3(4)5;/h2H2,1H3;1H3. The molecule has 0 saturated heterocycles. The zero-order valence-corrected chi connectivity index (χ0v) is 3.68. The molecule has 38 valence electrons. The molecule has 0 atom stereocenters. The second-order valence-corrected chi connectivity index (χ2v) is 0.649. The molecule has 0 unspecified atom stereocenters. The largest absolute Gasteiger partial charge is 0.344 e. The summed E-state index contributed by atoms with van der Waals surface area (Å²) in [5.41, 5.74) is 0. The van der Waals surface area contributed by atoms with E-state index in [1.54, 1.807) is 0 Å². The van der Waals surface area contributed by atoms with E-state index in [0.717, 1.165) is 0 Å². The molecule has 0 aromatic carbocycles. The Kier molecular flexibility index (Phi) is 6.56. The predicted molar refractivity (Wildman–Crippen MR) is 22.6 cm³/mol. The minimum Gasteiger partial charge on any atom is -0.344 e. The van der Waals surface area contributed by atoms with E-state index >= 15 is 0 Å². The van der Waals surface area contributed by atoms with Crippen molar-refractivity contribution in [2.75, 3.05) is 6.54 Å². The number of hydrogen-bond acceptors (Lipinski definition) is 3. The average Bonchev–Trinajstić information content (AvgIpc) is 1.38. The van der Waals surface area contributed by atoms with Gasteiger partial charge in [-0.1, -0.05) is 0 Å². The Morgan fingerprint density at radius 3 is 2.00 bits per heavy atom. The van der Waals surface area contributed by atoms with E-state index in [2.05, 4.69) is 0 Å². The molecule has 0 aliphatic heterocycles. The monoisotopic (exact) mass is 92.1 g/mol. The van der Waals surface area contributed by atoms with Gasteiger partial charge in [0.25, 0.3) is 0 Å². The van der Waals surface area contributed by atoms with E-state index < -0.39 is 0 Å². The number of rotatable bonds is 1. The molecule has 0 aromatic rings. The molecule has 0 spiro atoms. The zero-order valence-electron chi connectivity index (χ0n) is 3.68. The summed E-state index contributed by atoms with van der Waals surface area (Å²) in [6, 6.07) is 0. The van der Waals surface area contributed by atoms with Gasteiger partial charge in [0, 0.05) is 11.8 Å². The highest BCUT2D eigenvalue weighted by atomic mass is 16.6. The van der Waals surface area contributed by atoms with Crippen molar-refractivity contribution < 1.29 is 4.92 Å². The predicted octanol–water partition coefficient (Wildman–Crippen LogP) is 0.445. The molecule has 0 bridgehead atoms. The van der Waals surface area contributed by atoms with Crippen molar-refractivity contribution in [3.63, 3.8) is 0 Å². The van der Waals surface area contributed by atoms with Gasteiger partial charge in [-0.3, -0.25) is 10.1 Å². The van der Waals surface area contributed by atoms with Gasteiger partial charge in [-0.25, -0.2) is 0 Å². The van der Waals surface area contributed by atoms with Crippen LogP contribution in [0.2, 0.25) is 0 Å². The Labute approximate surface area is 35.9 Å². The maximum Gasteiger partial charge on any atom is 0.201 e. The molecule has 0 amide bonds. The van der Waals surface area contributed by atoms with Crippen molar-refractivity contribution >= 4 is 0 Å². The van der Waals surface area contributed by atoms with Crippen molar-refractivity contribution in [2.24, 2.45) is 0 Å². The first-order valence-electron chi connectivity index (χ1n) is 1.39. The Balaban J connectivity index is 0. The van der Waals surface area contributed by atoms with Crippen LogP contribution in [0.5, 0.6) is 0 Å². The molecule has 6 heavy (non-hydrogen) atoms. The second kappa shape index (κ2) is 4.36. The van der Waals surface area contributed by atoms with Crippen LogP contribution in [0.15, 0.2) is 0 Å². The molecular weight excluding hydrogens is 84.0 g/mol. The molecule has 0 radical (unpaired) electrons. The number of nitro groups is 1. The van der Waals surface area contributed by atoms with E-state index in [0.29, 0.717) is 0 Å². The SMILES string of the molecule is CC[N+](=O)[O-].N. The fourth-order valence-electron chi connectivity index (χ4n) is 0. The van der Waals surface area contributed by atoms with Crippen LogP contribution in [0.4, 0.5) is 0 Å². The van der Waals surface area contributed by atoms with Crippen LogP contribution in [0.1, 0.15) is 6.92 Å². The summed E-state index contributed by atoms with van der Waals surface area (Å²) in [5, 5.41) is 9.17. The first-order chi connectivity index (χ1) is 2.27. The summed E-state index contributed by atoms with van der Waals surface area (Å²) in [7, 11) is 0. The lowest BCUT2D eigenvalue weighted by Gasteiger charge is -1.73. The lowest BCUT2D eigenvalue weighted by atomic mass is 10.8. The van der Waals surface area contributed by atoms with Crippen molar-refractivity contribution in [2.45, 2.75) is 6.92 Å². The van der Waals surface area contributed by atoms with Gasteiger partial charge in [0.15, 0.2) is 0 Å². The Morgan fingerprint density at radius 1 is 1.83 bits per heavy atom. The topological polar surface area (TPSA) is 78.1 Å². The van der Waals surface area contributed by atoms with Crippen LogP contribution in [0, 0.1) is 10.1 Å². The molecule has 0 aliphatic carbocycles. The molecule has 3 N–H and O–H groups in total. The van der Waals surface area contributed by atoms with Gasteiger partial charge < -0.3 is 6.15 Å². The van der Waals surface area contributed by atoms with E-state index in [1.807, 2.05) is 0 Å². The van der Waals surface area contributed by atoms with Crippen molar-refractivity contribution in [1.82, 2.24) is 6.15 Å². The third-order valence-electron chi connectivity index (χ3n) is 0.258. The van der Waals surface area contributed by atoms with E-state index in [4.69, 9.17) is 0 Å². The van der Waals surface area contributed by atoms with Crippen LogP contribution < -0.4 is 6.15 Å². The van der Waals surface area contributed by atoms with Gasteiger partial charge in [0.05, 0.1) is 0 Å². The summed E-state index contributed by atoms with van der Waals surface area (Å²) in [6.07, 6.45) is 0. The molecular formula is C2H8N2O2. The lowest BCUT2D eigenvalue weighted by Crippen LogP contribution is -1.92. The molecule has 0 rings (SSSR count). The molecule has 0 fully saturated rings. The summed E-state index contributed by atoms with van der Waals surface area (Å²) in [6.45, 7) is 1.53. The average molecular weight is 92.1 g/mol. The maximum atomic E-state index is 9.17. The van der Waals surface area contributed by atoms with Gasteiger partial charge >= 0.3 is 0 Å². The number of nitrogens with zero attached hydrogens (tertiary/aromatic N) is 1. The van der Waals surface area contributed by atoms with Gasteiger partial charge in [-0.2, -0.15) is 0 Å². The highest BCUT2D eigenvalue weighted by molar-refractivity contribution is 4.04. The molecule has 4 heteroatoms.